The van der Waals surface area contributed by atoms with E-state index in [1.165, 1.54) is 6.07 Å². The number of hydrogen-bond donors (Lipinski definition) is 3. The van der Waals surface area contributed by atoms with Crippen molar-refractivity contribution in [2.75, 3.05) is 13.2 Å². The number of hydrogen-bond acceptors (Lipinski definition) is 4. The van der Waals surface area contributed by atoms with Crippen LogP contribution in [0.5, 0.6) is 0 Å². The van der Waals surface area contributed by atoms with Crippen molar-refractivity contribution in [3.05, 3.63) is 35.1 Å². The normalized spacial score (nSPS) is 12.1. The van der Waals surface area contributed by atoms with Gasteiger partial charge in [0.15, 0.2) is 5.84 Å². The van der Waals surface area contributed by atoms with Crippen molar-refractivity contribution in [2.45, 2.75) is 26.5 Å². The van der Waals surface area contributed by atoms with Crippen LogP contribution < -0.4 is 11.1 Å². The predicted molar refractivity (Wildman–Crippen MR) is 71.7 cm³/mol. The summed E-state index contributed by atoms with van der Waals surface area (Å²) in [7, 11) is 0. The molecule has 0 aliphatic carbocycles. The van der Waals surface area contributed by atoms with Crippen LogP contribution in [0, 0.1) is 5.82 Å². The van der Waals surface area contributed by atoms with E-state index in [1.54, 1.807) is 12.1 Å². The van der Waals surface area contributed by atoms with Crippen LogP contribution in [0.4, 0.5) is 4.39 Å². The van der Waals surface area contributed by atoms with Gasteiger partial charge >= 0.3 is 0 Å². The van der Waals surface area contributed by atoms with Crippen LogP contribution in [-0.2, 0) is 11.3 Å². The summed E-state index contributed by atoms with van der Waals surface area (Å²) in [6.07, 6.45) is 0.183. The van der Waals surface area contributed by atoms with Gasteiger partial charge in [0, 0.05) is 18.7 Å². The number of benzene rings is 1. The van der Waals surface area contributed by atoms with Gasteiger partial charge in [0.1, 0.15) is 5.82 Å². The summed E-state index contributed by atoms with van der Waals surface area (Å²) in [6, 6.07) is 4.79. The van der Waals surface area contributed by atoms with Crippen LogP contribution in [-0.4, -0.2) is 30.3 Å². The Balaban J connectivity index is 2.55. The molecule has 0 spiro atoms. The molecule has 0 aromatic heterocycles. The third-order valence-electron chi connectivity index (χ3n) is 2.51. The number of ether oxygens (including phenoxy) is 1. The van der Waals surface area contributed by atoms with Gasteiger partial charge in [0.25, 0.3) is 0 Å². The van der Waals surface area contributed by atoms with Crippen molar-refractivity contribution < 1.29 is 14.3 Å². The molecule has 1 rings (SSSR count). The minimum atomic E-state index is -0.477. The minimum absolute atomic E-state index is 0.0974. The average Bonchev–Trinajstić information content (AvgIpc) is 2.39. The standard InChI is InChI=1S/C13H20FN3O2/c1-9(2)19-7-6-16-8-10-4-3-5-11(12(10)14)13(15)17-18/h3-5,9,16,18H,6-8H2,1-2H3,(H2,15,17). The lowest BCUT2D eigenvalue weighted by Gasteiger charge is -2.10. The fourth-order valence-electron chi connectivity index (χ4n) is 1.56. The molecule has 1 aromatic rings. The van der Waals surface area contributed by atoms with Gasteiger partial charge in [0.05, 0.1) is 18.3 Å². The Bertz CT molecular complexity index is 436. The molecule has 0 fully saturated rings. The maximum absolute atomic E-state index is 14.0. The third-order valence-corrected chi connectivity index (χ3v) is 2.51. The SMILES string of the molecule is CC(C)OCCNCc1cccc(/C(N)=N/O)c1F. The predicted octanol–water partition coefficient (Wildman–Crippen LogP) is 1.43. The number of nitrogens with two attached hydrogens (primary N) is 1. The summed E-state index contributed by atoms with van der Waals surface area (Å²) in [5, 5.41) is 14.4. The molecule has 0 bridgehead atoms. The molecule has 19 heavy (non-hydrogen) atoms. The molecule has 6 heteroatoms. The lowest BCUT2D eigenvalue weighted by molar-refractivity contribution is 0.0806. The second kappa shape index (κ2) is 7.70. The summed E-state index contributed by atoms with van der Waals surface area (Å²) in [5.74, 6) is -0.711. The lowest BCUT2D eigenvalue weighted by Crippen LogP contribution is -2.22. The van der Waals surface area contributed by atoms with E-state index in [0.29, 0.717) is 25.3 Å². The number of rotatable bonds is 7. The number of halogens is 1. The van der Waals surface area contributed by atoms with E-state index in [9.17, 15) is 4.39 Å². The molecule has 0 saturated carbocycles. The second-order valence-electron chi connectivity index (χ2n) is 4.36. The zero-order chi connectivity index (χ0) is 14.3. The summed E-state index contributed by atoms with van der Waals surface area (Å²) < 4.78 is 19.4. The number of oxime groups is 1. The Hall–Kier alpha value is -1.66. The maximum Gasteiger partial charge on any atom is 0.173 e. The Morgan fingerprint density at radius 3 is 2.89 bits per heavy atom. The monoisotopic (exact) mass is 269 g/mol. The van der Waals surface area contributed by atoms with E-state index < -0.39 is 5.82 Å². The second-order valence-corrected chi connectivity index (χ2v) is 4.36. The van der Waals surface area contributed by atoms with Crippen molar-refractivity contribution in [3.8, 4) is 0 Å². The van der Waals surface area contributed by atoms with Crippen molar-refractivity contribution in [3.63, 3.8) is 0 Å². The lowest BCUT2D eigenvalue weighted by atomic mass is 10.1. The van der Waals surface area contributed by atoms with E-state index in [4.69, 9.17) is 15.7 Å². The first-order valence-electron chi connectivity index (χ1n) is 6.14. The van der Waals surface area contributed by atoms with Crippen molar-refractivity contribution >= 4 is 5.84 Å². The highest BCUT2D eigenvalue weighted by Crippen LogP contribution is 2.12. The molecule has 0 radical (unpaired) electrons. The van der Waals surface area contributed by atoms with Gasteiger partial charge in [0.2, 0.25) is 0 Å². The molecule has 0 heterocycles. The molecular weight excluding hydrogens is 249 g/mol. The Morgan fingerprint density at radius 1 is 1.53 bits per heavy atom. The van der Waals surface area contributed by atoms with E-state index in [1.807, 2.05) is 13.8 Å². The summed E-state index contributed by atoms with van der Waals surface area (Å²) in [4.78, 5) is 0. The fourth-order valence-corrected chi connectivity index (χ4v) is 1.56. The Morgan fingerprint density at radius 2 is 2.26 bits per heavy atom. The van der Waals surface area contributed by atoms with Gasteiger partial charge in [-0.2, -0.15) is 0 Å². The van der Waals surface area contributed by atoms with Gasteiger partial charge in [-0.3, -0.25) is 0 Å². The quantitative estimate of drug-likeness (QED) is 0.230. The molecule has 0 unspecified atom stereocenters. The molecule has 0 atom stereocenters. The first kappa shape index (κ1) is 15.4. The number of nitrogens with one attached hydrogen (secondary N) is 1. The molecular formula is C13H20FN3O2. The van der Waals surface area contributed by atoms with E-state index in [2.05, 4.69) is 10.5 Å². The highest BCUT2D eigenvalue weighted by Gasteiger charge is 2.10. The van der Waals surface area contributed by atoms with Gasteiger partial charge in [-0.1, -0.05) is 17.3 Å². The molecule has 106 valence electrons. The topological polar surface area (TPSA) is 79.9 Å². The Kier molecular flexibility index (Phi) is 6.24. The number of nitrogens with zero attached hydrogens (tertiary/aromatic N) is 1. The molecule has 5 nitrogen and oxygen atoms in total. The summed E-state index contributed by atoms with van der Waals surface area (Å²) in [5.41, 5.74) is 5.96. The summed E-state index contributed by atoms with van der Waals surface area (Å²) in [6.45, 7) is 5.48. The average molecular weight is 269 g/mol. The van der Waals surface area contributed by atoms with Crippen molar-refractivity contribution in [2.24, 2.45) is 10.9 Å². The van der Waals surface area contributed by atoms with Gasteiger partial charge in [-0.15, -0.1) is 0 Å². The van der Waals surface area contributed by atoms with E-state index in [-0.39, 0.29) is 17.5 Å². The molecule has 0 amide bonds. The van der Waals surface area contributed by atoms with Gasteiger partial charge in [-0.25, -0.2) is 4.39 Å². The molecule has 4 N–H and O–H groups in total. The molecule has 0 saturated heterocycles. The van der Waals surface area contributed by atoms with E-state index >= 15 is 0 Å². The summed E-state index contributed by atoms with van der Waals surface area (Å²) >= 11 is 0. The van der Waals surface area contributed by atoms with Gasteiger partial charge in [-0.05, 0) is 19.9 Å². The van der Waals surface area contributed by atoms with Crippen molar-refractivity contribution in [1.29, 1.82) is 0 Å². The van der Waals surface area contributed by atoms with Crippen LogP contribution in [0.25, 0.3) is 0 Å². The first-order valence-corrected chi connectivity index (χ1v) is 6.14. The largest absolute Gasteiger partial charge is 0.409 e. The number of amidine groups is 1. The smallest absolute Gasteiger partial charge is 0.173 e. The van der Waals surface area contributed by atoms with E-state index in [0.717, 1.165) is 0 Å². The fraction of sp³-hybridized carbons (Fsp3) is 0.462. The molecule has 0 aliphatic heterocycles. The third kappa shape index (κ3) is 4.84. The van der Waals surface area contributed by atoms with Crippen LogP contribution in [0.1, 0.15) is 25.0 Å². The minimum Gasteiger partial charge on any atom is -0.409 e. The van der Waals surface area contributed by atoms with Crippen LogP contribution in [0.15, 0.2) is 23.4 Å². The van der Waals surface area contributed by atoms with Gasteiger partial charge < -0.3 is 21.0 Å². The maximum atomic E-state index is 14.0. The highest BCUT2D eigenvalue weighted by molar-refractivity contribution is 5.97. The molecule has 0 aliphatic rings. The van der Waals surface area contributed by atoms with Crippen molar-refractivity contribution in [1.82, 2.24) is 5.32 Å². The zero-order valence-corrected chi connectivity index (χ0v) is 11.2. The Labute approximate surface area is 112 Å². The van der Waals surface area contributed by atoms with Crippen LogP contribution in [0.3, 0.4) is 0 Å². The first-order chi connectivity index (χ1) is 9.06. The molecule has 1 aromatic carbocycles. The highest BCUT2D eigenvalue weighted by atomic mass is 19.1. The van der Waals surface area contributed by atoms with Crippen LogP contribution in [0.2, 0.25) is 0 Å². The zero-order valence-electron chi connectivity index (χ0n) is 11.2. The van der Waals surface area contributed by atoms with Crippen LogP contribution >= 0.6 is 0 Å².